The molecule has 116 valence electrons. The van der Waals surface area contributed by atoms with E-state index in [1.165, 1.54) is 6.42 Å². The van der Waals surface area contributed by atoms with Gasteiger partial charge in [0.25, 0.3) is 0 Å². The number of likely N-dealkylation sites (tertiary alicyclic amines) is 1. The van der Waals surface area contributed by atoms with Crippen LogP contribution in [-0.4, -0.2) is 42.5 Å². The number of nitrogens with two attached hydrogens (primary N) is 1. The first kappa shape index (κ1) is 21.3. The van der Waals surface area contributed by atoms with E-state index in [4.69, 9.17) is 5.73 Å². The van der Waals surface area contributed by atoms with Gasteiger partial charge in [-0.25, -0.2) is 0 Å². The summed E-state index contributed by atoms with van der Waals surface area (Å²) < 4.78 is 0. The fourth-order valence-electron chi connectivity index (χ4n) is 2.23. The predicted molar refractivity (Wildman–Crippen MR) is 85.2 cm³/mol. The third-order valence-electron chi connectivity index (χ3n) is 3.13. The summed E-state index contributed by atoms with van der Waals surface area (Å²) >= 11 is 0. The Morgan fingerprint density at radius 3 is 2.47 bits per heavy atom. The van der Waals surface area contributed by atoms with Crippen LogP contribution < -0.4 is 11.1 Å². The molecule has 1 saturated heterocycles. The fraction of sp³-hybridized carbons (Fsp3) is 0.923. The maximum absolute atomic E-state index is 11.6. The van der Waals surface area contributed by atoms with Gasteiger partial charge in [-0.15, -0.1) is 24.8 Å². The number of carbonyl (C=O) groups is 1. The lowest BCUT2D eigenvalue weighted by molar-refractivity contribution is -0.125. The first-order valence-electron chi connectivity index (χ1n) is 6.58. The van der Waals surface area contributed by atoms with Crippen LogP contribution in [-0.2, 0) is 4.79 Å². The highest BCUT2D eigenvalue weighted by Gasteiger charge is 2.26. The average molecular weight is 314 g/mol. The van der Waals surface area contributed by atoms with Crippen LogP contribution in [0.4, 0.5) is 0 Å². The standard InChI is InChI=1S/C13H27N3O.2ClH/c1-10(2)8-16-6-5-11(9-16)7-15-12(17)13(3,4)14;;/h10-11H,5-9,14H2,1-4H3,(H,15,17);2*1H. The molecule has 0 radical (unpaired) electrons. The van der Waals surface area contributed by atoms with Crippen molar-refractivity contribution in [3.8, 4) is 0 Å². The number of halogens is 2. The van der Waals surface area contributed by atoms with Crippen molar-refractivity contribution in [2.24, 2.45) is 17.6 Å². The highest BCUT2D eigenvalue weighted by molar-refractivity contribution is 5.85. The van der Waals surface area contributed by atoms with Gasteiger partial charge in [-0.1, -0.05) is 13.8 Å². The minimum absolute atomic E-state index is 0. The molecule has 0 saturated carbocycles. The SMILES string of the molecule is CC(C)CN1CCC(CNC(=O)C(C)(C)N)C1.Cl.Cl. The molecule has 4 nitrogen and oxygen atoms in total. The van der Waals surface area contributed by atoms with Crippen molar-refractivity contribution in [1.82, 2.24) is 10.2 Å². The van der Waals surface area contributed by atoms with Crippen LogP contribution in [0.1, 0.15) is 34.1 Å². The second kappa shape index (κ2) is 9.01. The topological polar surface area (TPSA) is 58.4 Å². The molecular weight excluding hydrogens is 285 g/mol. The van der Waals surface area contributed by atoms with Crippen LogP contribution in [0, 0.1) is 11.8 Å². The van der Waals surface area contributed by atoms with Crippen molar-refractivity contribution in [3.63, 3.8) is 0 Å². The first-order chi connectivity index (χ1) is 7.79. The molecule has 1 fully saturated rings. The normalized spacial score (nSPS) is 19.8. The molecular formula is C13H29Cl2N3O. The van der Waals surface area contributed by atoms with Gasteiger partial charge in [0, 0.05) is 19.6 Å². The van der Waals surface area contributed by atoms with E-state index in [-0.39, 0.29) is 30.7 Å². The Morgan fingerprint density at radius 2 is 2.00 bits per heavy atom. The average Bonchev–Trinajstić information content (AvgIpc) is 2.59. The molecule has 0 aliphatic carbocycles. The van der Waals surface area contributed by atoms with Crippen molar-refractivity contribution in [1.29, 1.82) is 0 Å². The molecule has 1 aliphatic rings. The summed E-state index contributed by atoms with van der Waals surface area (Å²) in [7, 11) is 0. The molecule has 0 spiro atoms. The van der Waals surface area contributed by atoms with Gasteiger partial charge in [0.2, 0.25) is 5.91 Å². The molecule has 19 heavy (non-hydrogen) atoms. The van der Waals surface area contributed by atoms with E-state index in [1.807, 2.05) is 0 Å². The third-order valence-corrected chi connectivity index (χ3v) is 3.13. The number of amides is 1. The Morgan fingerprint density at radius 1 is 1.42 bits per heavy atom. The van der Waals surface area contributed by atoms with Crippen LogP contribution in [0.2, 0.25) is 0 Å². The Balaban J connectivity index is 0. The van der Waals surface area contributed by atoms with Crippen molar-refractivity contribution in [2.45, 2.75) is 39.7 Å². The zero-order chi connectivity index (χ0) is 13.1. The van der Waals surface area contributed by atoms with E-state index in [1.54, 1.807) is 13.8 Å². The van der Waals surface area contributed by atoms with Gasteiger partial charge in [-0.05, 0) is 38.6 Å². The van der Waals surface area contributed by atoms with Gasteiger partial charge in [0.15, 0.2) is 0 Å². The zero-order valence-corrected chi connectivity index (χ0v) is 14.1. The second-order valence-electron chi connectivity index (χ2n) is 6.24. The monoisotopic (exact) mass is 313 g/mol. The molecule has 1 amide bonds. The quantitative estimate of drug-likeness (QED) is 0.811. The first-order valence-corrected chi connectivity index (χ1v) is 6.58. The highest BCUT2D eigenvalue weighted by Crippen LogP contribution is 2.16. The molecule has 0 aromatic carbocycles. The molecule has 0 bridgehead atoms. The summed E-state index contributed by atoms with van der Waals surface area (Å²) in [4.78, 5) is 14.1. The molecule has 0 aromatic rings. The van der Waals surface area contributed by atoms with Gasteiger partial charge in [-0.3, -0.25) is 4.79 Å². The highest BCUT2D eigenvalue weighted by atomic mass is 35.5. The van der Waals surface area contributed by atoms with Crippen LogP contribution in [0.5, 0.6) is 0 Å². The molecule has 1 rings (SSSR count). The van der Waals surface area contributed by atoms with Crippen molar-refractivity contribution < 1.29 is 4.79 Å². The Labute approximate surface area is 129 Å². The predicted octanol–water partition coefficient (Wildman–Crippen LogP) is 1.66. The minimum Gasteiger partial charge on any atom is -0.354 e. The number of hydrogen-bond acceptors (Lipinski definition) is 3. The number of nitrogens with zero attached hydrogens (tertiary/aromatic N) is 1. The summed E-state index contributed by atoms with van der Waals surface area (Å²) in [5.74, 6) is 1.24. The fourth-order valence-corrected chi connectivity index (χ4v) is 2.23. The van der Waals surface area contributed by atoms with Gasteiger partial charge in [0.1, 0.15) is 0 Å². The largest absolute Gasteiger partial charge is 0.354 e. The van der Waals surface area contributed by atoms with Crippen LogP contribution in [0.25, 0.3) is 0 Å². The van der Waals surface area contributed by atoms with E-state index in [0.717, 1.165) is 26.2 Å². The summed E-state index contributed by atoms with van der Waals surface area (Å²) in [6, 6.07) is 0. The van der Waals surface area contributed by atoms with E-state index in [9.17, 15) is 4.79 Å². The van der Waals surface area contributed by atoms with Crippen molar-refractivity contribution >= 4 is 30.7 Å². The van der Waals surface area contributed by atoms with E-state index in [0.29, 0.717) is 11.8 Å². The number of rotatable bonds is 5. The molecule has 1 heterocycles. The molecule has 3 N–H and O–H groups in total. The van der Waals surface area contributed by atoms with E-state index >= 15 is 0 Å². The third kappa shape index (κ3) is 7.98. The minimum atomic E-state index is -0.768. The number of carbonyl (C=O) groups excluding carboxylic acids is 1. The molecule has 1 unspecified atom stereocenters. The Hall–Kier alpha value is -0.0300. The van der Waals surface area contributed by atoms with Crippen LogP contribution >= 0.6 is 24.8 Å². The maximum atomic E-state index is 11.6. The molecule has 6 heteroatoms. The van der Waals surface area contributed by atoms with E-state index < -0.39 is 5.54 Å². The van der Waals surface area contributed by atoms with Crippen LogP contribution in [0.15, 0.2) is 0 Å². The number of hydrogen-bond donors (Lipinski definition) is 2. The van der Waals surface area contributed by atoms with Gasteiger partial charge in [-0.2, -0.15) is 0 Å². The second-order valence-corrected chi connectivity index (χ2v) is 6.24. The lowest BCUT2D eigenvalue weighted by Gasteiger charge is -2.21. The molecule has 1 atom stereocenters. The molecule has 1 aliphatic heterocycles. The van der Waals surface area contributed by atoms with Crippen molar-refractivity contribution in [2.75, 3.05) is 26.2 Å². The summed E-state index contributed by atoms with van der Waals surface area (Å²) in [6.07, 6.45) is 1.18. The number of nitrogens with one attached hydrogen (secondary N) is 1. The molecule has 0 aromatic heterocycles. The summed E-state index contributed by atoms with van der Waals surface area (Å²) in [6.45, 7) is 12.1. The Bertz CT molecular complexity index is 267. The Kier molecular flexibility index (Phi) is 10.1. The van der Waals surface area contributed by atoms with Crippen LogP contribution in [0.3, 0.4) is 0 Å². The summed E-state index contributed by atoms with van der Waals surface area (Å²) in [5, 5.41) is 2.95. The zero-order valence-electron chi connectivity index (χ0n) is 12.4. The van der Waals surface area contributed by atoms with Crippen molar-refractivity contribution in [3.05, 3.63) is 0 Å². The smallest absolute Gasteiger partial charge is 0.239 e. The van der Waals surface area contributed by atoms with Gasteiger partial charge in [0.05, 0.1) is 5.54 Å². The lowest BCUT2D eigenvalue weighted by atomic mass is 10.1. The van der Waals surface area contributed by atoms with Gasteiger partial charge >= 0.3 is 0 Å². The lowest BCUT2D eigenvalue weighted by Crippen LogP contribution is -2.50. The van der Waals surface area contributed by atoms with E-state index in [2.05, 4.69) is 24.1 Å². The van der Waals surface area contributed by atoms with Gasteiger partial charge < -0.3 is 16.0 Å². The summed E-state index contributed by atoms with van der Waals surface area (Å²) in [5.41, 5.74) is 4.97. The maximum Gasteiger partial charge on any atom is 0.239 e.